The van der Waals surface area contributed by atoms with Gasteiger partial charge in [-0.3, -0.25) is 0 Å². The van der Waals surface area contributed by atoms with E-state index < -0.39 is 5.97 Å². The van der Waals surface area contributed by atoms with Crippen LogP contribution in [0.15, 0.2) is 42.5 Å². The number of carboxylic acids is 1. The zero-order valence-corrected chi connectivity index (χ0v) is 9.79. The van der Waals surface area contributed by atoms with Crippen LogP contribution in [0.3, 0.4) is 0 Å². The Bertz CT molecular complexity index is 821. The van der Waals surface area contributed by atoms with Crippen molar-refractivity contribution in [3.63, 3.8) is 0 Å². The summed E-state index contributed by atoms with van der Waals surface area (Å²) in [7, 11) is 0. The second kappa shape index (κ2) is 3.88. The molecule has 3 rings (SSSR count). The summed E-state index contributed by atoms with van der Waals surface area (Å²) in [6, 6.07) is 11.4. The molecule has 0 amide bonds. The number of carbonyl (C=O) groups is 1. The highest BCUT2D eigenvalue weighted by atomic mass is 16.4. The van der Waals surface area contributed by atoms with Gasteiger partial charge in [-0.25, -0.2) is 4.79 Å². The van der Waals surface area contributed by atoms with Crippen LogP contribution in [0.5, 0.6) is 11.5 Å². The van der Waals surface area contributed by atoms with Gasteiger partial charge < -0.3 is 15.3 Å². The number of hydrogen-bond donors (Lipinski definition) is 3. The summed E-state index contributed by atoms with van der Waals surface area (Å²) in [6.07, 6.45) is 0. The molecule has 0 aliphatic heterocycles. The molecular weight excluding hydrogens is 244 g/mol. The van der Waals surface area contributed by atoms with Gasteiger partial charge in [-0.15, -0.1) is 0 Å². The van der Waals surface area contributed by atoms with E-state index in [-0.39, 0.29) is 17.1 Å². The summed E-state index contributed by atoms with van der Waals surface area (Å²) in [6.45, 7) is 0. The van der Waals surface area contributed by atoms with Gasteiger partial charge in [0.2, 0.25) is 0 Å². The van der Waals surface area contributed by atoms with E-state index in [4.69, 9.17) is 5.11 Å². The molecule has 94 valence electrons. The summed E-state index contributed by atoms with van der Waals surface area (Å²) in [5.41, 5.74) is -0.0596. The Kier molecular flexibility index (Phi) is 2.32. The number of rotatable bonds is 1. The van der Waals surface area contributed by atoms with Gasteiger partial charge in [-0.05, 0) is 23.6 Å². The molecule has 0 unspecified atom stereocenters. The van der Waals surface area contributed by atoms with Gasteiger partial charge in [0.25, 0.3) is 0 Å². The maximum absolute atomic E-state index is 11.0. The molecule has 0 heterocycles. The van der Waals surface area contributed by atoms with E-state index in [9.17, 15) is 15.0 Å². The minimum Gasteiger partial charge on any atom is -0.507 e. The molecule has 3 aromatic rings. The number of aromatic carboxylic acids is 1. The van der Waals surface area contributed by atoms with Crippen molar-refractivity contribution in [2.75, 3.05) is 0 Å². The number of phenolic OH excluding ortho intramolecular Hbond substituents is 2. The van der Waals surface area contributed by atoms with E-state index in [0.717, 1.165) is 5.39 Å². The van der Waals surface area contributed by atoms with Gasteiger partial charge >= 0.3 is 5.97 Å². The highest BCUT2D eigenvalue weighted by molar-refractivity contribution is 6.09. The topological polar surface area (TPSA) is 77.8 Å². The van der Waals surface area contributed by atoms with E-state index in [0.29, 0.717) is 16.2 Å². The van der Waals surface area contributed by atoms with Gasteiger partial charge in [-0.2, -0.15) is 0 Å². The third-order valence-corrected chi connectivity index (χ3v) is 3.18. The molecule has 0 aliphatic rings. The fourth-order valence-corrected chi connectivity index (χ4v) is 2.25. The van der Waals surface area contributed by atoms with Crippen molar-refractivity contribution in [2.45, 2.75) is 0 Å². The van der Waals surface area contributed by atoms with Crippen molar-refractivity contribution in [1.29, 1.82) is 0 Å². The fraction of sp³-hybridized carbons (Fsp3) is 0. The molecular formula is C15H10O4. The Hall–Kier alpha value is -2.75. The molecule has 3 N–H and O–H groups in total. The summed E-state index contributed by atoms with van der Waals surface area (Å²) >= 11 is 0. The first-order chi connectivity index (χ1) is 9.08. The Balaban J connectivity index is 2.51. The van der Waals surface area contributed by atoms with E-state index >= 15 is 0 Å². The van der Waals surface area contributed by atoms with E-state index in [2.05, 4.69) is 0 Å². The molecule has 0 spiro atoms. The first-order valence-electron chi connectivity index (χ1n) is 5.68. The predicted octanol–water partition coefficient (Wildman–Crippen LogP) is 3.10. The van der Waals surface area contributed by atoms with Crippen molar-refractivity contribution >= 4 is 27.5 Å². The Labute approximate surface area is 108 Å². The lowest BCUT2D eigenvalue weighted by Gasteiger charge is -2.08. The monoisotopic (exact) mass is 254 g/mol. The van der Waals surface area contributed by atoms with Crippen molar-refractivity contribution in [1.82, 2.24) is 0 Å². The van der Waals surface area contributed by atoms with Crippen LogP contribution in [0, 0.1) is 0 Å². The molecule has 0 aromatic heterocycles. The number of fused-ring (bicyclic) bond motifs is 2. The first kappa shape index (κ1) is 11.3. The second-order valence-corrected chi connectivity index (χ2v) is 4.34. The maximum Gasteiger partial charge on any atom is 0.335 e. The van der Waals surface area contributed by atoms with Gasteiger partial charge in [0.1, 0.15) is 11.5 Å². The lowest BCUT2D eigenvalue weighted by atomic mass is 9.99. The molecule has 0 atom stereocenters. The van der Waals surface area contributed by atoms with Crippen LogP contribution >= 0.6 is 0 Å². The van der Waals surface area contributed by atoms with Crippen molar-refractivity contribution in [3.8, 4) is 11.5 Å². The molecule has 19 heavy (non-hydrogen) atoms. The first-order valence-corrected chi connectivity index (χ1v) is 5.68. The minimum atomic E-state index is -1.15. The van der Waals surface area contributed by atoms with Crippen LogP contribution in [0.4, 0.5) is 0 Å². The third kappa shape index (κ3) is 1.65. The van der Waals surface area contributed by atoms with Crippen molar-refractivity contribution < 1.29 is 20.1 Å². The molecule has 0 radical (unpaired) electrons. The Morgan fingerprint density at radius 3 is 2.37 bits per heavy atom. The maximum atomic E-state index is 11.0. The highest BCUT2D eigenvalue weighted by Crippen LogP contribution is 2.38. The number of hydrogen-bond acceptors (Lipinski definition) is 3. The van der Waals surface area contributed by atoms with Gasteiger partial charge in [0, 0.05) is 16.2 Å². The highest BCUT2D eigenvalue weighted by Gasteiger charge is 2.13. The normalized spacial score (nSPS) is 10.9. The molecule has 4 nitrogen and oxygen atoms in total. The molecule has 4 heteroatoms. The number of carboxylic acid groups (broad SMARTS) is 1. The molecule has 0 aliphatic carbocycles. The van der Waals surface area contributed by atoms with Gasteiger partial charge in [-0.1, -0.05) is 24.3 Å². The average molecular weight is 254 g/mol. The number of aromatic hydroxyl groups is 2. The number of benzene rings is 3. The second-order valence-electron chi connectivity index (χ2n) is 4.34. The average Bonchev–Trinajstić information content (AvgIpc) is 2.40. The summed E-state index contributed by atoms with van der Waals surface area (Å²) in [4.78, 5) is 11.0. The molecule has 3 aromatic carbocycles. The fourth-order valence-electron chi connectivity index (χ4n) is 2.25. The summed E-state index contributed by atoms with van der Waals surface area (Å²) < 4.78 is 0. The molecule has 0 saturated heterocycles. The third-order valence-electron chi connectivity index (χ3n) is 3.18. The van der Waals surface area contributed by atoms with Crippen molar-refractivity contribution in [3.05, 3.63) is 48.0 Å². The Morgan fingerprint density at radius 1 is 0.895 bits per heavy atom. The molecule has 0 fully saturated rings. The van der Waals surface area contributed by atoms with Crippen LogP contribution in [0.25, 0.3) is 21.5 Å². The molecule has 0 saturated carbocycles. The Morgan fingerprint density at radius 2 is 1.63 bits per heavy atom. The van der Waals surface area contributed by atoms with E-state index in [1.54, 1.807) is 18.2 Å². The van der Waals surface area contributed by atoms with E-state index in [1.165, 1.54) is 12.1 Å². The van der Waals surface area contributed by atoms with E-state index in [1.807, 2.05) is 12.1 Å². The van der Waals surface area contributed by atoms with Crippen LogP contribution in [0.1, 0.15) is 10.4 Å². The molecule has 0 bridgehead atoms. The van der Waals surface area contributed by atoms with Crippen molar-refractivity contribution in [2.24, 2.45) is 0 Å². The standard InChI is InChI=1S/C15H10O4/c16-13-7-9(15(18)19)6-12-11(13)5-8-3-1-2-4-10(8)14(12)17/h1-7,16-17H,(H,18,19). The van der Waals surface area contributed by atoms with Crippen LogP contribution in [0.2, 0.25) is 0 Å². The predicted molar refractivity (Wildman–Crippen MR) is 71.7 cm³/mol. The lowest BCUT2D eigenvalue weighted by Crippen LogP contribution is -1.96. The van der Waals surface area contributed by atoms with Crippen LogP contribution < -0.4 is 0 Å². The lowest BCUT2D eigenvalue weighted by molar-refractivity contribution is 0.0696. The zero-order valence-electron chi connectivity index (χ0n) is 9.79. The minimum absolute atomic E-state index is 0.0218. The quantitative estimate of drug-likeness (QED) is 0.583. The largest absolute Gasteiger partial charge is 0.507 e. The van der Waals surface area contributed by atoms with Gasteiger partial charge in [0.15, 0.2) is 0 Å². The summed E-state index contributed by atoms with van der Waals surface area (Å²) in [5, 5.41) is 31.3. The van der Waals surface area contributed by atoms with Crippen LogP contribution in [-0.4, -0.2) is 21.3 Å². The van der Waals surface area contributed by atoms with Crippen LogP contribution in [-0.2, 0) is 0 Å². The SMILES string of the molecule is O=C(O)c1cc(O)c2cc3ccccc3c(O)c2c1. The van der Waals surface area contributed by atoms with Gasteiger partial charge in [0.05, 0.1) is 5.56 Å². The zero-order chi connectivity index (χ0) is 13.6. The summed E-state index contributed by atoms with van der Waals surface area (Å²) in [5.74, 6) is -1.33. The number of phenols is 2. The smallest absolute Gasteiger partial charge is 0.335 e.